The summed E-state index contributed by atoms with van der Waals surface area (Å²) in [6, 6.07) is 0.845. The lowest BCUT2D eigenvalue weighted by Crippen LogP contribution is -2.39. The van der Waals surface area contributed by atoms with Gasteiger partial charge < -0.3 is 10.2 Å². The van der Waals surface area contributed by atoms with E-state index in [2.05, 4.69) is 31.1 Å². The van der Waals surface area contributed by atoms with Gasteiger partial charge in [-0.05, 0) is 32.4 Å². The summed E-state index contributed by atoms with van der Waals surface area (Å²) in [6.45, 7) is 7.99. The molecule has 1 aliphatic rings. The van der Waals surface area contributed by atoms with Crippen LogP contribution in [0.4, 0.5) is 0 Å². The molecule has 14 heavy (non-hydrogen) atoms. The summed E-state index contributed by atoms with van der Waals surface area (Å²) in [4.78, 5) is 2.54. The number of rotatable bonds is 5. The van der Waals surface area contributed by atoms with Crippen molar-refractivity contribution in [1.29, 1.82) is 0 Å². The second-order valence-electron chi connectivity index (χ2n) is 4.76. The Morgan fingerprint density at radius 3 is 2.79 bits per heavy atom. The zero-order valence-corrected chi connectivity index (χ0v) is 10.1. The highest BCUT2D eigenvalue weighted by atomic mass is 15.1. The van der Waals surface area contributed by atoms with Crippen molar-refractivity contribution < 1.29 is 0 Å². The Morgan fingerprint density at radius 1 is 1.36 bits per heavy atom. The van der Waals surface area contributed by atoms with E-state index in [1.54, 1.807) is 0 Å². The largest absolute Gasteiger partial charge is 0.316 e. The number of hydrogen-bond donors (Lipinski definition) is 1. The molecule has 0 radical (unpaired) electrons. The van der Waals surface area contributed by atoms with Crippen molar-refractivity contribution in [3.63, 3.8) is 0 Å². The van der Waals surface area contributed by atoms with Crippen molar-refractivity contribution in [2.24, 2.45) is 5.92 Å². The zero-order chi connectivity index (χ0) is 10.4. The lowest BCUT2D eigenvalue weighted by atomic mass is 9.86. The van der Waals surface area contributed by atoms with Crippen LogP contribution >= 0.6 is 0 Å². The predicted molar refractivity (Wildman–Crippen MR) is 62.6 cm³/mol. The van der Waals surface area contributed by atoms with Crippen LogP contribution in [0.1, 0.15) is 39.5 Å². The fourth-order valence-corrected chi connectivity index (χ4v) is 2.42. The third-order valence-corrected chi connectivity index (χ3v) is 3.42. The van der Waals surface area contributed by atoms with E-state index in [1.807, 2.05) is 0 Å². The molecule has 2 unspecified atom stereocenters. The highest BCUT2D eigenvalue weighted by Crippen LogP contribution is 2.26. The Hall–Kier alpha value is -0.0800. The van der Waals surface area contributed by atoms with Crippen molar-refractivity contribution in [2.45, 2.75) is 45.6 Å². The van der Waals surface area contributed by atoms with Gasteiger partial charge in [0, 0.05) is 19.1 Å². The molecule has 0 aliphatic heterocycles. The summed E-state index contributed by atoms with van der Waals surface area (Å²) < 4.78 is 0. The average molecular weight is 198 g/mol. The molecular formula is C12H26N2. The van der Waals surface area contributed by atoms with Gasteiger partial charge in [0.15, 0.2) is 0 Å². The van der Waals surface area contributed by atoms with Crippen LogP contribution in [0, 0.1) is 5.92 Å². The van der Waals surface area contributed by atoms with E-state index >= 15 is 0 Å². The molecule has 0 saturated heterocycles. The van der Waals surface area contributed by atoms with Crippen LogP contribution in [0.2, 0.25) is 0 Å². The van der Waals surface area contributed by atoms with E-state index in [9.17, 15) is 0 Å². The van der Waals surface area contributed by atoms with E-state index in [0.717, 1.165) is 25.0 Å². The molecule has 2 atom stereocenters. The van der Waals surface area contributed by atoms with Gasteiger partial charge >= 0.3 is 0 Å². The van der Waals surface area contributed by atoms with E-state index < -0.39 is 0 Å². The van der Waals surface area contributed by atoms with Crippen molar-refractivity contribution in [2.75, 3.05) is 26.7 Å². The van der Waals surface area contributed by atoms with Crippen LogP contribution in [0.3, 0.4) is 0 Å². The summed E-state index contributed by atoms with van der Waals surface area (Å²) in [5.41, 5.74) is 0. The van der Waals surface area contributed by atoms with Gasteiger partial charge in [0.2, 0.25) is 0 Å². The maximum Gasteiger partial charge on any atom is 0.0107 e. The van der Waals surface area contributed by atoms with E-state index in [-0.39, 0.29) is 0 Å². The first-order valence-corrected chi connectivity index (χ1v) is 6.15. The van der Waals surface area contributed by atoms with Crippen molar-refractivity contribution >= 4 is 0 Å². The van der Waals surface area contributed by atoms with Gasteiger partial charge in [0.1, 0.15) is 0 Å². The molecule has 1 N–H and O–H groups in total. The first-order valence-electron chi connectivity index (χ1n) is 6.15. The predicted octanol–water partition coefficient (Wildman–Crippen LogP) is 2.11. The molecule has 0 aromatic rings. The lowest BCUT2D eigenvalue weighted by Gasteiger charge is -2.34. The molecule has 0 amide bonds. The van der Waals surface area contributed by atoms with E-state index in [0.29, 0.717) is 0 Å². The molecule has 1 saturated carbocycles. The lowest BCUT2D eigenvalue weighted by molar-refractivity contribution is 0.165. The molecule has 1 fully saturated rings. The standard InChI is InChI=1S/C12H26N2/c1-4-13-8-9-14(3)12-7-5-6-11(2)10-12/h11-13H,4-10H2,1-3H3. The van der Waals surface area contributed by atoms with Gasteiger partial charge in [0.25, 0.3) is 0 Å². The summed E-state index contributed by atoms with van der Waals surface area (Å²) in [7, 11) is 2.28. The van der Waals surface area contributed by atoms with Crippen LogP contribution in [-0.4, -0.2) is 37.6 Å². The van der Waals surface area contributed by atoms with Gasteiger partial charge in [-0.3, -0.25) is 0 Å². The first kappa shape index (κ1) is 12.0. The van der Waals surface area contributed by atoms with Crippen molar-refractivity contribution in [1.82, 2.24) is 10.2 Å². The summed E-state index contributed by atoms with van der Waals surface area (Å²) in [6.07, 6.45) is 5.69. The van der Waals surface area contributed by atoms with Gasteiger partial charge in [-0.25, -0.2) is 0 Å². The Labute approximate surface area is 89.1 Å². The number of hydrogen-bond acceptors (Lipinski definition) is 2. The Balaban J connectivity index is 2.18. The summed E-state index contributed by atoms with van der Waals surface area (Å²) in [5.74, 6) is 0.940. The minimum absolute atomic E-state index is 0.845. The van der Waals surface area contributed by atoms with Crippen LogP contribution in [0.25, 0.3) is 0 Å². The van der Waals surface area contributed by atoms with Gasteiger partial charge in [0.05, 0.1) is 0 Å². The molecule has 2 heteroatoms. The molecule has 0 spiro atoms. The highest BCUT2D eigenvalue weighted by molar-refractivity contribution is 4.77. The second kappa shape index (κ2) is 6.41. The Kier molecular flexibility index (Phi) is 5.49. The molecule has 0 aromatic heterocycles. The Morgan fingerprint density at radius 2 is 2.14 bits per heavy atom. The molecule has 1 rings (SSSR count). The average Bonchev–Trinajstić information content (AvgIpc) is 2.18. The minimum atomic E-state index is 0.845. The maximum absolute atomic E-state index is 3.39. The topological polar surface area (TPSA) is 15.3 Å². The minimum Gasteiger partial charge on any atom is -0.316 e. The highest BCUT2D eigenvalue weighted by Gasteiger charge is 2.21. The molecule has 0 bridgehead atoms. The quantitative estimate of drug-likeness (QED) is 0.681. The SMILES string of the molecule is CCNCCN(C)C1CCCC(C)C1. The van der Waals surface area contributed by atoms with Crippen LogP contribution in [-0.2, 0) is 0 Å². The normalized spacial score (nSPS) is 28.3. The molecule has 0 heterocycles. The third-order valence-electron chi connectivity index (χ3n) is 3.42. The van der Waals surface area contributed by atoms with E-state index in [1.165, 1.54) is 32.2 Å². The number of nitrogens with zero attached hydrogens (tertiary/aromatic N) is 1. The molecule has 1 aliphatic carbocycles. The zero-order valence-electron chi connectivity index (χ0n) is 10.1. The van der Waals surface area contributed by atoms with Crippen molar-refractivity contribution in [3.05, 3.63) is 0 Å². The van der Waals surface area contributed by atoms with Gasteiger partial charge in [-0.1, -0.05) is 26.7 Å². The maximum atomic E-state index is 3.39. The fraction of sp³-hybridized carbons (Fsp3) is 1.00. The number of likely N-dealkylation sites (N-methyl/N-ethyl adjacent to an activating group) is 2. The number of nitrogens with one attached hydrogen (secondary N) is 1. The third kappa shape index (κ3) is 3.97. The second-order valence-corrected chi connectivity index (χ2v) is 4.76. The van der Waals surface area contributed by atoms with Crippen LogP contribution < -0.4 is 5.32 Å². The van der Waals surface area contributed by atoms with E-state index in [4.69, 9.17) is 0 Å². The fourth-order valence-electron chi connectivity index (χ4n) is 2.42. The monoisotopic (exact) mass is 198 g/mol. The summed E-state index contributed by atoms with van der Waals surface area (Å²) in [5, 5.41) is 3.39. The van der Waals surface area contributed by atoms with Crippen molar-refractivity contribution in [3.8, 4) is 0 Å². The van der Waals surface area contributed by atoms with Gasteiger partial charge in [-0.2, -0.15) is 0 Å². The molecular weight excluding hydrogens is 172 g/mol. The molecule has 0 aromatic carbocycles. The molecule has 2 nitrogen and oxygen atoms in total. The smallest absolute Gasteiger partial charge is 0.0107 e. The van der Waals surface area contributed by atoms with Crippen LogP contribution in [0.15, 0.2) is 0 Å². The van der Waals surface area contributed by atoms with Crippen LogP contribution in [0.5, 0.6) is 0 Å². The Bertz CT molecular complexity index is 147. The first-order chi connectivity index (χ1) is 6.74. The molecule has 84 valence electrons. The summed E-state index contributed by atoms with van der Waals surface area (Å²) >= 11 is 0. The van der Waals surface area contributed by atoms with Gasteiger partial charge in [-0.15, -0.1) is 0 Å².